The summed E-state index contributed by atoms with van der Waals surface area (Å²) >= 11 is 3.76. The Morgan fingerprint density at radius 2 is 1.93 bits per heavy atom. The second-order valence-electron chi connectivity index (χ2n) is 4.37. The van der Waals surface area contributed by atoms with E-state index in [9.17, 15) is 0 Å². The van der Waals surface area contributed by atoms with Crippen molar-refractivity contribution in [1.29, 1.82) is 0 Å². The lowest BCUT2D eigenvalue weighted by Gasteiger charge is -2.22. The third kappa shape index (κ3) is 2.86. The van der Waals surface area contributed by atoms with E-state index in [0.717, 1.165) is 6.42 Å². The Labute approximate surface area is 101 Å². The first kappa shape index (κ1) is 11.2. The van der Waals surface area contributed by atoms with E-state index < -0.39 is 10.0 Å². The van der Waals surface area contributed by atoms with Crippen LogP contribution in [0.2, 0.25) is 0 Å². The van der Waals surface area contributed by atoms with E-state index in [1.54, 1.807) is 15.5 Å². The van der Waals surface area contributed by atoms with E-state index in [4.69, 9.17) is 0 Å². The van der Waals surface area contributed by atoms with Gasteiger partial charge in [-0.1, -0.05) is 0 Å². The second-order valence-corrected chi connectivity index (χ2v) is 10.7. The van der Waals surface area contributed by atoms with E-state index in [0.29, 0.717) is 0 Å². The van der Waals surface area contributed by atoms with Gasteiger partial charge in [0.2, 0.25) is 0 Å². The number of hydrogen-bond donors (Lipinski definition) is 0. The number of thiophene rings is 2. The van der Waals surface area contributed by atoms with Crippen molar-refractivity contribution in [2.45, 2.75) is 10.6 Å². The lowest BCUT2D eigenvalue weighted by molar-refractivity contribution is 1.27. The molecule has 0 unspecified atom stereocenters. The molecule has 0 amide bonds. The van der Waals surface area contributed by atoms with Gasteiger partial charge in [0, 0.05) is 15.5 Å². The zero-order chi connectivity index (χ0) is 10.9. The van der Waals surface area contributed by atoms with Crippen LogP contribution >= 0.6 is 32.7 Å². The fourth-order valence-corrected chi connectivity index (χ4v) is 4.61. The molecule has 0 spiro atoms. The highest BCUT2D eigenvalue weighted by Gasteiger charge is 2.11. The maximum Gasteiger partial charge on any atom is 0.0425 e. The molecular formula is C12H16S3. The summed E-state index contributed by atoms with van der Waals surface area (Å²) in [6.45, 7) is 0. The van der Waals surface area contributed by atoms with Crippen molar-refractivity contribution < 1.29 is 0 Å². The van der Waals surface area contributed by atoms with Gasteiger partial charge in [-0.05, 0) is 53.3 Å². The Kier molecular flexibility index (Phi) is 3.24. The lowest BCUT2D eigenvalue weighted by Crippen LogP contribution is -1.87. The molecule has 0 saturated heterocycles. The molecule has 0 nitrogen and oxygen atoms in total. The van der Waals surface area contributed by atoms with Gasteiger partial charge in [0.1, 0.15) is 0 Å². The quantitative estimate of drug-likeness (QED) is 0.761. The Morgan fingerprint density at radius 3 is 2.47 bits per heavy atom. The molecule has 2 aromatic heterocycles. The molecule has 3 heteroatoms. The molecule has 82 valence electrons. The molecule has 0 bridgehead atoms. The maximum absolute atomic E-state index is 2.35. The Balaban J connectivity index is 2.15. The topological polar surface area (TPSA) is 0 Å². The fraction of sp³-hybridized carbons (Fsp3) is 0.333. The molecular weight excluding hydrogens is 240 g/mol. The second kappa shape index (κ2) is 4.32. The van der Waals surface area contributed by atoms with E-state index in [1.165, 1.54) is 10.4 Å². The minimum atomic E-state index is -0.540. The summed E-state index contributed by atoms with van der Waals surface area (Å²) in [4.78, 5) is 1.49. The molecule has 0 atom stereocenters. The van der Waals surface area contributed by atoms with Crippen LogP contribution in [0.4, 0.5) is 0 Å². The summed E-state index contributed by atoms with van der Waals surface area (Å²) in [5.41, 5.74) is 1.44. The van der Waals surface area contributed by atoms with E-state index in [-0.39, 0.29) is 0 Å². The monoisotopic (exact) mass is 256 g/mol. The standard InChI is InChI=1S/C12H16S3/c1-15(2,3)12-5-4-11(14-12)8-10-6-7-13-9-10/h4-7,9H,8H2,1-3H3. The minimum Gasteiger partial charge on any atom is -0.214 e. The predicted molar refractivity (Wildman–Crippen MR) is 75.1 cm³/mol. The van der Waals surface area contributed by atoms with Crippen molar-refractivity contribution in [1.82, 2.24) is 0 Å². The van der Waals surface area contributed by atoms with Crippen molar-refractivity contribution >= 4 is 32.7 Å². The molecule has 0 aliphatic rings. The van der Waals surface area contributed by atoms with Gasteiger partial charge in [-0.25, -0.2) is 10.0 Å². The lowest BCUT2D eigenvalue weighted by atomic mass is 10.2. The highest BCUT2D eigenvalue weighted by atomic mass is 32.3. The molecule has 0 saturated carbocycles. The third-order valence-electron chi connectivity index (χ3n) is 2.20. The van der Waals surface area contributed by atoms with Gasteiger partial charge in [0.05, 0.1) is 0 Å². The molecule has 0 N–H and O–H groups in total. The van der Waals surface area contributed by atoms with Gasteiger partial charge in [0.25, 0.3) is 0 Å². The molecule has 2 aromatic rings. The summed E-state index contributed by atoms with van der Waals surface area (Å²) in [6.07, 6.45) is 8.16. The van der Waals surface area contributed by atoms with Gasteiger partial charge in [-0.2, -0.15) is 11.3 Å². The van der Waals surface area contributed by atoms with E-state index in [2.05, 4.69) is 47.7 Å². The first-order chi connectivity index (χ1) is 7.05. The molecule has 0 aliphatic heterocycles. The summed E-state index contributed by atoms with van der Waals surface area (Å²) in [7, 11) is -0.540. The summed E-state index contributed by atoms with van der Waals surface area (Å²) < 4.78 is 1.56. The van der Waals surface area contributed by atoms with E-state index in [1.807, 2.05) is 11.3 Å². The summed E-state index contributed by atoms with van der Waals surface area (Å²) in [6, 6.07) is 6.81. The van der Waals surface area contributed by atoms with Crippen molar-refractivity contribution in [3.8, 4) is 0 Å². The van der Waals surface area contributed by atoms with Crippen LogP contribution in [0.1, 0.15) is 10.4 Å². The van der Waals surface area contributed by atoms with Gasteiger partial charge >= 0.3 is 0 Å². The average molecular weight is 256 g/mol. The molecule has 2 heterocycles. The molecule has 0 radical (unpaired) electrons. The van der Waals surface area contributed by atoms with Crippen LogP contribution < -0.4 is 0 Å². The highest BCUT2D eigenvalue weighted by Crippen LogP contribution is 2.48. The average Bonchev–Trinajstić information content (AvgIpc) is 2.73. The fourth-order valence-electron chi connectivity index (χ4n) is 1.38. The van der Waals surface area contributed by atoms with Crippen LogP contribution in [0.15, 0.2) is 33.2 Å². The first-order valence-electron chi connectivity index (χ1n) is 4.84. The van der Waals surface area contributed by atoms with Gasteiger partial charge < -0.3 is 0 Å². The van der Waals surface area contributed by atoms with Crippen LogP contribution in [-0.2, 0) is 6.42 Å². The normalized spacial score (nSPS) is 13.0. The van der Waals surface area contributed by atoms with Gasteiger partial charge in [-0.15, -0.1) is 11.3 Å². The van der Waals surface area contributed by atoms with E-state index >= 15 is 0 Å². The van der Waals surface area contributed by atoms with Crippen molar-refractivity contribution in [3.05, 3.63) is 39.4 Å². The first-order valence-corrected chi connectivity index (χ1v) is 9.45. The third-order valence-corrected chi connectivity index (χ3v) is 6.90. The minimum absolute atomic E-state index is 0.540. The van der Waals surface area contributed by atoms with Crippen molar-refractivity contribution in [2.24, 2.45) is 0 Å². The largest absolute Gasteiger partial charge is 0.214 e. The number of rotatable bonds is 3. The predicted octanol–water partition coefficient (Wildman–Crippen LogP) is 4.45. The summed E-state index contributed by atoms with van der Waals surface area (Å²) in [5, 5.41) is 4.39. The van der Waals surface area contributed by atoms with Gasteiger partial charge in [-0.3, -0.25) is 0 Å². The maximum atomic E-state index is 2.35. The Morgan fingerprint density at radius 1 is 1.13 bits per heavy atom. The zero-order valence-corrected chi connectivity index (χ0v) is 11.8. The van der Waals surface area contributed by atoms with Crippen LogP contribution in [0.3, 0.4) is 0 Å². The van der Waals surface area contributed by atoms with Crippen LogP contribution in [0, 0.1) is 0 Å². The van der Waals surface area contributed by atoms with Crippen molar-refractivity contribution in [3.63, 3.8) is 0 Å². The van der Waals surface area contributed by atoms with Crippen LogP contribution in [0.25, 0.3) is 0 Å². The smallest absolute Gasteiger partial charge is 0.0425 e. The Bertz CT molecular complexity index is 418. The molecule has 2 rings (SSSR count). The Hall–Kier alpha value is -0.250. The van der Waals surface area contributed by atoms with Crippen molar-refractivity contribution in [2.75, 3.05) is 18.8 Å². The van der Waals surface area contributed by atoms with Crippen LogP contribution in [0.5, 0.6) is 0 Å². The highest BCUT2D eigenvalue weighted by molar-refractivity contribution is 8.33. The van der Waals surface area contributed by atoms with Crippen LogP contribution in [-0.4, -0.2) is 18.8 Å². The number of hydrogen-bond acceptors (Lipinski definition) is 2. The summed E-state index contributed by atoms with van der Waals surface area (Å²) in [5.74, 6) is 0. The molecule has 0 fully saturated rings. The molecule has 0 aliphatic carbocycles. The van der Waals surface area contributed by atoms with Gasteiger partial charge in [0.15, 0.2) is 0 Å². The SMILES string of the molecule is CS(C)(C)c1ccc(Cc2ccsc2)s1. The molecule has 15 heavy (non-hydrogen) atoms. The zero-order valence-electron chi connectivity index (χ0n) is 9.32. The molecule has 0 aromatic carbocycles.